The number of esters is 1. The summed E-state index contributed by atoms with van der Waals surface area (Å²) in [6.07, 6.45) is 5.52. The molecule has 0 fully saturated rings. The normalized spacial score (nSPS) is 11.0. The highest BCUT2D eigenvalue weighted by Crippen LogP contribution is 2.34. The van der Waals surface area contributed by atoms with E-state index < -0.39 is 11.6 Å². The van der Waals surface area contributed by atoms with Crippen molar-refractivity contribution in [3.8, 4) is 17.2 Å². The average molecular weight is 332 g/mol. The van der Waals surface area contributed by atoms with Crippen molar-refractivity contribution in [2.24, 2.45) is 0 Å². The summed E-state index contributed by atoms with van der Waals surface area (Å²) in [6.45, 7) is 3.57. The van der Waals surface area contributed by atoms with E-state index in [4.69, 9.17) is 18.6 Å². The molecular formula is C18H20O6. The molecule has 0 unspecified atom stereocenters. The minimum absolute atomic E-state index is 0.0656. The van der Waals surface area contributed by atoms with Crippen molar-refractivity contribution in [1.82, 2.24) is 0 Å². The largest absolute Gasteiger partial charge is 0.497 e. The fourth-order valence-electron chi connectivity index (χ4n) is 2.15. The van der Waals surface area contributed by atoms with Gasteiger partial charge in [0.1, 0.15) is 11.3 Å². The molecule has 2 rings (SSSR count). The second kappa shape index (κ2) is 8.19. The summed E-state index contributed by atoms with van der Waals surface area (Å²) in [5, 5.41) is 0.463. The molecular weight excluding hydrogens is 312 g/mol. The van der Waals surface area contributed by atoms with Crippen LogP contribution in [0.1, 0.15) is 26.7 Å². The van der Waals surface area contributed by atoms with Crippen molar-refractivity contribution in [2.45, 2.75) is 26.7 Å². The van der Waals surface area contributed by atoms with Crippen molar-refractivity contribution in [1.29, 1.82) is 0 Å². The Kier molecular flexibility index (Phi) is 6.01. The van der Waals surface area contributed by atoms with Crippen LogP contribution in [0.25, 0.3) is 11.0 Å². The number of fused-ring (bicyclic) bond motifs is 1. The van der Waals surface area contributed by atoms with Crippen LogP contribution >= 0.6 is 0 Å². The van der Waals surface area contributed by atoms with Gasteiger partial charge in [0.2, 0.25) is 5.75 Å². The lowest BCUT2D eigenvalue weighted by Crippen LogP contribution is -2.13. The predicted molar refractivity (Wildman–Crippen MR) is 89.9 cm³/mol. The van der Waals surface area contributed by atoms with E-state index in [9.17, 15) is 9.59 Å². The number of hydrogen-bond acceptors (Lipinski definition) is 6. The minimum atomic E-state index is -0.702. The third-order valence-corrected chi connectivity index (χ3v) is 3.21. The summed E-state index contributed by atoms with van der Waals surface area (Å²) >= 11 is 0. The number of methoxy groups -OCH3 is 1. The number of allylic oxidation sites excluding steroid dienone is 1. The Morgan fingerprint density at radius 3 is 2.71 bits per heavy atom. The summed E-state index contributed by atoms with van der Waals surface area (Å²) in [5.74, 6) is -0.0603. The number of rotatable bonds is 7. The molecule has 0 radical (unpaired) electrons. The molecule has 0 bridgehead atoms. The zero-order valence-electron chi connectivity index (χ0n) is 14.0. The van der Waals surface area contributed by atoms with Gasteiger partial charge in [-0.3, -0.25) is 4.79 Å². The number of carbonyl (C=O) groups is 1. The van der Waals surface area contributed by atoms with Gasteiger partial charge < -0.3 is 18.6 Å². The van der Waals surface area contributed by atoms with Crippen LogP contribution in [0.4, 0.5) is 0 Å². The van der Waals surface area contributed by atoms with Gasteiger partial charge in [-0.2, -0.15) is 0 Å². The number of benzene rings is 1. The lowest BCUT2D eigenvalue weighted by Gasteiger charge is -2.12. The maximum atomic E-state index is 12.2. The first-order valence-electron chi connectivity index (χ1n) is 7.67. The molecule has 6 heteroatoms. The molecule has 1 aromatic carbocycles. The Hall–Kier alpha value is -2.76. The van der Waals surface area contributed by atoms with Crippen LogP contribution in [0.3, 0.4) is 0 Å². The molecule has 0 amide bonds. The molecule has 128 valence electrons. The molecule has 0 aliphatic carbocycles. The number of carbonyl (C=O) groups excluding carboxylic acids is 1. The van der Waals surface area contributed by atoms with Gasteiger partial charge in [0.15, 0.2) is 5.75 Å². The van der Waals surface area contributed by atoms with Crippen LogP contribution in [0, 0.1) is 0 Å². The summed E-state index contributed by atoms with van der Waals surface area (Å²) in [6, 6.07) is 4.89. The second-order valence-corrected chi connectivity index (χ2v) is 5.02. The van der Waals surface area contributed by atoms with Gasteiger partial charge in [0.05, 0.1) is 19.1 Å². The third kappa shape index (κ3) is 4.16. The van der Waals surface area contributed by atoms with Crippen molar-refractivity contribution in [3.63, 3.8) is 0 Å². The van der Waals surface area contributed by atoms with Gasteiger partial charge in [-0.1, -0.05) is 19.1 Å². The van der Waals surface area contributed by atoms with E-state index in [1.807, 2.05) is 19.1 Å². The maximum Gasteiger partial charge on any atom is 0.383 e. The summed E-state index contributed by atoms with van der Waals surface area (Å²) in [7, 11) is 1.51. The fraction of sp³-hybridized carbons (Fsp3) is 0.333. The molecule has 6 nitrogen and oxygen atoms in total. The lowest BCUT2D eigenvalue weighted by atomic mass is 10.2. The van der Waals surface area contributed by atoms with E-state index in [0.29, 0.717) is 17.6 Å². The molecule has 0 aliphatic heterocycles. The van der Waals surface area contributed by atoms with Crippen molar-refractivity contribution >= 4 is 16.9 Å². The Balaban J connectivity index is 2.44. The van der Waals surface area contributed by atoms with Crippen molar-refractivity contribution < 1.29 is 23.4 Å². The fourth-order valence-corrected chi connectivity index (χ4v) is 2.15. The smallest absolute Gasteiger partial charge is 0.383 e. The van der Waals surface area contributed by atoms with E-state index >= 15 is 0 Å². The van der Waals surface area contributed by atoms with Crippen LogP contribution < -0.4 is 19.8 Å². The molecule has 2 aromatic rings. The van der Waals surface area contributed by atoms with Crippen LogP contribution in [0.2, 0.25) is 0 Å². The quantitative estimate of drug-likeness (QED) is 0.334. The van der Waals surface area contributed by atoms with E-state index in [-0.39, 0.29) is 23.7 Å². The Labute approximate surface area is 139 Å². The van der Waals surface area contributed by atoms with Gasteiger partial charge in [0.25, 0.3) is 0 Å². The predicted octanol–water partition coefficient (Wildman–Crippen LogP) is 3.46. The van der Waals surface area contributed by atoms with E-state index in [1.54, 1.807) is 18.2 Å². The third-order valence-electron chi connectivity index (χ3n) is 3.21. The van der Waals surface area contributed by atoms with Crippen molar-refractivity contribution in [3.05, 3.63) is 40.8 Å². The van der Waals surface area contributed by atoms with Crippen LogP contribution in [-0.4, -0.2) is 19.7 Å². The number of hydrogen-bond donors (Lipinski definition) is 0. The van der Waals surface area contributed by atoms with Gasteiger partial charge in [-0.15, -0.1) is 0 Å². The average Bonchev–Trinajstić information content (AvgIpc) is 2.55. The molecule has 0 spiro atoms. The molecule has 24 heavy (non-hydrogen) atoms. The topological polar surface area (TPSA) is 75.0 Å². The SMILES string of the molecule is CCC=CCCOc1c(OC(C)=O)c2ccc(OC)cc2oc1=O. The van der Waals surface area contributed by atoms with E-state index in [2.05, 4.69) is 0 Å². The molecule has 1 aromatic heterocycles. The summed E-state index contributed by atoms with van der Waals surface area (Å²) in [4.78, 5) is 23.6. The molecule has 0 aliphatic rings. The molecule has 0 atom stereocenters. The first-order chi connectivity index (χ1) is 11.6. The zero-order valence-corrected chi connectivity index (χ0v) is 14.0. The minimum Gasteiger partial charge on any atom is -0.497 e. The lowest BCUT2D eigenvalue weighted by molar-refractivity contribution is -0.131. The van der Waals surface area contributed by atoms with E-state index in [0.717, 1.165) is 6.42 Å². The summed E-state index contributed by atoms with van der Waals surface area (Å²) in [5.41, 5.74) is -0.444. The van der Waals surface area contributed by atoms with Crippen LogP contribution in [0.15, 0.2) is 39.6 Å². The van der Waals surface area contributed by atoms with Crippen LogP contribution in [0.5, 0.6) is 17.2 Å². The Morgan fingerprint density at radius 1 is 1.25 bits per heavy atom. The number of ether oxygens (including phenoxy) is 3. The highest BCUT2D eigenvalue weighted by atomic mass is 16.6. The molecule has 0 N–H and O–H groups in total. The van der Waals surface area contributed by atoms with Gasteiger partial charge in [-0.25, -0.2) is 4.79 Å². The molecule has 0 saturated heterocycles. The van der Waals surface area contributed by atoms with Gasteiger partial charge >= 0.3 is 11.6 Å². The first kappa shape index (κ1) is 17.6. The molecule has 0 saturated carbocycles. The van der Waals surface area contributed by atoms with Gasteiger partial charge in [0, 0.05) is 13.0 Å². The highest BCUT2D eigenvalue weighted by molar-refractivity contribution is 5.89. The molecule has 1 heterocycles. The second-order valence-electron chi connectivity index (χ2n) is 5.02. The Morgan fingerprint density at radius 2 is 2.04 bits per heavy atom. The first-order valence-corrected chi connectivity index (χ1v) is 7.67. The summed E-state index contributed by atoms with van der Waals surface area (Å²) < 4.78 is 21.1. The highest BCUT2D eigenvalue weighted by Gasteiger charge is 2.19. The standard InChI is InChI=1S/C18H20O6/c1-4-5-6-7-10-22-17-16(23-12(2)19)14-9-8-13(21-3)11-15(14)24-18(17)20/h5-6,8-9,11H,4,7,10H2,1-3H3. The van der Waals surface area contributed by atoms with Crippen molar-refractivity contribution in [2.75, 3.05) is 13.7 Å². The zero-order chi connectivity index (χ0) is 17.5. The monoisotopic (exact) mass is 332 g/mol. The van der Waals surface area contributed by atoms with E-state index in [1.165, 1.54) is 14.0 Å². The Bertz CT molecular complexity index is 803. The van der Waals surface area contributed by atoms with Crippen LogP contribution in [-0.2, 0) is 4.79 Å². The van der Waals surface area contributed by atoms with Gasteiger partial charge in [-0.05, 0) is 25.0 Å². The maximum absolute atomic E-state index is 12.2.